The molecule has 0 fully saturated rings. The number of hydrogen-bond donors (Lipinski definition) is 0. The maximum atomic E-state index is 5.75. The molecule has 0 spiro atoms. The minimum Gasteiger partial charge on any atom is -0.494 e. The van der Waals surface area contributed by atoms with Crippen LogP contribution in [0.3, 0.4) is 0 Å². The summed E-state index contributed by atoms with van der Waals surface area (Å²) in [6.45, 7) is 1.72. The lowest BCUT2D eigenvalue weighted by Gasteiger charge is -2.19. The Bertz CT molecular complexity index is 347. The van der Waals surface area contributed by atoms with E-state index in [9.17, 15) is 0 Å². The molecule has 0 saturated carbocycles. The predicted molar refractivity (Wildman–Crippen MR) is 69.7 cm³/mol. The van der Waals surface area contributed by atoms with Gasteiger partial charge in [-0.1, -0.05) is 12.5 Å². The second-order valence-electron chi connectivity index (χ2n) is 4.69. The number of methoxy groups -OCH3 is 1. The molecule has 17 heavy (non-hydrogen) atoms. The normalized spacial score (nSPS) is 13.0. The van der Waals surface area contributed by atoms with E-state index < -0.39 is 0 Å². The van der Waals surface area contributed by atoms with Gasteiger partial charge < -0.3 is 9.47 Å². The van der Waals surface area contributed by atoms with Crippen molar-refractivity contribution in [3.05, 3.63) is 29.3 Å². The van der Waals surface area contributed by atoms with Gasteiger partial charge in [0.05, 0.1) is 6.61 Å². The lowest BCUT2D eigenvalue weighted by atomic mass is 9.89. The average Bonchev–Trinajstić information content (AvgIpc) is 2.31. The van der Waals surface area contributed by atoms with E-state index in [4.69, 9.17) is 9.47 Å². The van der Waals surface area contributed by atoms with Gasteiger partial charge in [-0.2, -0.15) is 0 Å². The van der Waals surface area contributed by atoms with Crippen LogP contribution in [0.25, 0.3) is 0 Å². The largest absolute Gasteiger partial charge is 0.494 e. The summed E-state index contributed by atoms with van der Waals surface area (Å²) >= 11 is 0. The van der Waals surface area contributed by atoms with E-state index in [1.54, 1.807) is 7.11 Å². The molecule has 1 aliphatic rings. The highest BCUT2D eigenvalue weighted by Gasteiger charge is 2.12. The number of hydrogen-bond acceptors (Lipinski definition) is 2. The summed E-state index contributed by atoms with van der Waals surface area (Å²) < 4.78 is 10.8. The molecule has 0 heterocycles. The molecule has 0 unspecified atom stereocenters. The van der Waals surface area contributed by atoms with Crippen LogP contribution in [0.15, 0.2) is 18.2 Å². The van der Waals surface area contributed by atoms with Gasteiger partial charge >= 0.3 is 0 Å². The molecule has 1 aromatic rings. The Morgan fingerprint density at radius 1 is 0.941 bits per heavy atom. The van der Waals surface area contributed by atoms with Crippen molar-refractivity contribution in [1.29, 1.82) is 0 Å². The zero-order valence-corrected chi connectivity index (χ0v) is 10.7. The van der Waals surface area contributed by atoms with Crippen molar-refractivity contribution >= 4 is 0 Å². The molecular weight excluding hydrogens is 212 g/mol. The summed E-state index contributed by atoms with van der Waals surface area (Å²) in [4.78, 5) is 0. The van der Waals surface area contributed by atoms with Crippen LogP contribution in [-0.4, -0.2) is 20.3 Å². The smallest absolute Gasteiger partial charge is 0.119 e. The third kappa shape index (κ3) is 3.74. The highest BCUT2D eigenvalue weighted by atomic mass is 16.5. The molecule has 0 aromatic heterocycles. The van der Waals surface area contributed by atoms with Crippen LogP contribution < -0.4 is 4.74 Å². The third-order valence-corrected chi connectivity index (χ3v) is 3.35. The summed E-state index contributed by atoms with van der Waals surface area (Å²) in [5.41, 5.74) is 2.97. The first-order valence-corrected chi connectivity index (χ1v) is 6.63. The zero-order chi connectivity index (χ0) is 11.9. The van der Waals surface area contributed by atoms with Gasteiger partial charge in [-0.05, 0) is 55.4 Å². The van der Waals surface area contributed by atoms with Crippen LogP contribution in [-0.2, 0) is 17.6 Å². The molecule has 2 heteroatoms. The highest BCUT2D eigenvalue weighted by molar-refractivity contribution is 5.41. The molecule has 0 atom stereocenters. The molecule has 1 aliphatic carbocycles. The van der Waals surface area contributed by atoms with Gasteiger partial charge in [0.1, 0.15) is 5.75 Å². The molecule has 1 aromatic carbocycles. The Labute approximate surface area is 104 Å². The van der Waals surface area contributed by atoms with Gasteiger partial charge in [0.15, 0.2) is 0 Å². The van der Waals surface area contributed by atoms with Crippen LogP contribution in [0, 0.1) is 0 Å². The topological polar surface area (TPSA) is 18.5 Å². The maximum Gasteiger partial charge on any atom is 0.119 e. The number of aryl methyl sites for hydroxylation is 2. The standard InChI is InChI=1S/C15H22O2/c1-16-10-4-2-3-5-11-17-15-9-8-13-6-7-14(13)12-15/h8-9,12H,2-7,10-11H2,1H3. The van der Waals surface area contributed by atoms with Gasteiger partial charge in [0.25, 0.3) is 0 Å². The van der Waals surface area contributed by atoms with E-state index in [0.717, 1.165) is 31.8 Å². The fraction of sp³-hybridized carbons (Fsp3) is 0.600. The number of ether oxygens (including phenoxy) is 2. The summed E-state index contributed by atoms with van der Waals surface area (Å²) in [5.74, 6) is 1.04. The molecule has 0 aliphatic heterocycles. The number of fused-ring (bicyclic) bond motifs is 1. The van der Waals surface area contributed by atoms with Crippen molar-refractivity contribution in [2.45, 2.75) is 38.5 Å². The molecule has 0 amide bonds. The molecule has 0 saturated heterocycles. The Morgan fingerprint density at radius 2 is 1.71 bits per heavy atom. The van der Waals surface area contributed by atoms with Crippen molar-refractivity contribution in [3.63, 3.8) is 0 Å². The van der Waals surface area contributed by atoms with Crippen molar-refractivity contribution < 1.29 is 9.47 Å². The number of unbranched alkanes of at least 4 members (excludes halogenated alkanes) is 3. The zero-order valence-electron chi connectivity index (χ0n) is 10.7. The summed E-state index contributed by atoms with van der Waals surface area (Å²) in [7, 11) is 1.76. The molecule has 2 nitrogen and oxygen atoms in total. The minimum atomic E-state index is 0.839. The molecule has 0 radical (unpaired) electrons. The molecule has 0 N–H and O–H groups in total. The Balaban J connectivity index is 1.57. The van der Waals surface area contributed by atoms with Crippen molar-refractivity contribution in [3.8, 4) is 5.75 Å². The summed E-state index contributed by atoms with van der Waals surface area (Å²) in [5, 5.41) is 0. The predicted octanol–water partition coefficient (Wildman–Crippen LogP) is 3.37. The Kier molecular flexibility index (Phi) is 4.87. The molecule has 94 valence electrons. The minimum absolute atomic E-state index is 0.839. The van der Waals surface area contributed by atoms with Crippen molar-refractivity contribution in [2.24, 2.45) is 0 Å². The van der Waals surface area contributed by atoms with E-state index >= 15 is 0 Å². The van der Waals surface area contributed by atoms with Gasteiger partial charge in [-0.3, -0.25) is 0 Å². The lowest BCUT2D eigenvalue weighted by Crippen LogP contribution is -2.08. The summed E-state index contributed by atoms with van der Waals surface area (Å²) in [6.07, 6.45) is 7.24. The lowest BCUT2D eigenvalue weighted by molar-refractivity contribution is 0.191. The van der Waals surface area contributed by atoms with Crippen LogP contribution in [0.1, 0.15) is 36.8 Å². The van der Waals surface area contributed by atoms with Gasteiger partial charge in [0, 0.05) is 13.7 Å². The van der Waals surface area contributed by atoms with Crippen LogP contribution in [0.5, 0.6) is 5.75 Å². The van der Waals surface area contributed by atoms with E-state index in [-0.39, 0.29) is 0 Å². The third-order valence-electron chi connectivity index (χ3n) is 3.35. The first-order valence-electron chi connectivity index (χ1n) is 6.63. The fourth-order valence-corrected chi connectivity index (χ4v) is 2.15. The maximum absolute atomic E-state index is 5.75. The Hall–Kier alpha value is -1.02. The van der Waals surface area contributed by atoms with E-state index in [0.29, 0.717) is 0 Å². The molecular formula is C15H22O2. The van der Waals surface area contributed by atoms with E-state index in [2.05, 4.69) is 18.2 Å². The van der Waals surface area contributed by atoms with Crippen LogP contribution >= 0.6 is 0 Å². The monoisotopic (exact) mass is 234 g/mol. The highest BCUT2D eigenvalue weighted by Crippen LogP contribution is 2.26. The van der Waals surface area contributed by atoms with Crippen LogP contribution in [0.2, 0.25) is 0 Å². The van der Waals surface area contributed by atoms with Crippen molar-refractivity contribution in [1.82, 2.24) is 0 Å². The average molecular weight is 234 g/mol. The SMILES string of the molecule is COCCCCCCOc1ccc2c(c1)CC2. The van der Waals surface area contributed by atoms with Gasteiger partial charge in [0.2, 0.25) is 0 Å². The first-order chi connectivity index (χ1) is 8.40. The fourth-order valence-electron chi connectivity index (χ4n) is 2.15. The first kappa shape index (κ1) is 12.4. The van der Waals surface area contributed by atoms with Gasteiger partial charge in [-0.25, -0.2) is 0 Å². The second kappa shape index (κ2) is 6.65. The summed E-state index contributed by atoms with van der Waals surface area (Å²) in [6, 6.07) is 6.50. The van der Waals surface area contributed by atoms with Crippen molar-refractivity contribution in [2.75, 3.05) is 20.3 Å². The Morgan fingerprint density at radius 3 is 2.35 bits per heavy atom. The quantitative estimate of drug-likeness (QED) is 0.642. The van der Waals surface area contributed by atoms with E-state index in [1.807, 2.05) is 0 Å². The van der Waals surface area contributed by atoms with Crippen LogP contribution in [0.4, 0.5) is 0 Å². The number of rotatable bonds is 8. The van der Waals surface area contributed by atoms with E-state index in [1.165, 1.54) is 36.8 Å². The molecule has 2 rings (SSSR count). The van der Waals surface area contributed by atoms with Gasteiger partial charge in [-0.15, -0.1) is 0 Å². The second-order valence-corrected chi connectivity index (χ2v) is 4.69. The number of benzene rings is 1. The molecule has 0 bridgehead atoms.